The summed E-state index contributed by atoms with van der Waals surface area (Å²) in [6, 6.07) is 0. The fraction of sp³-hybridized carbons (Fsp3) is 0.500. The van der Waals surface area contributed by atoms with Crippen molar-refractivity contribution in [1.82, 2.24) is 0 Å². The maximum Gasteiger partial charge on any atom is 0.305 e. The van der Waals surface area contributed by atoms with Crippen molar-refractivity contribution in [2.24, 2.45) is 0 Å². The SMILES string of the molecule is CC(=O)O[C@@H]1C=CC(=O)[C@H](C)O1. The van der Waals surface area contributed by atoms with Crippen LogP contribution in [-0.2, 0) is 19.1 Å². The molecule has 0 amide bonds. The third kappa shape index (κ3) is 2.17. The molecule has 1 rings (SSSR count). The average Bonchev–Trinajstić information content (AvgIpc) is 1.96. The van der Waals surface area contributed by atoms with Gasteiger partial charge in [-0.15, -0.1) is 0 Å². The Hall–Kier alpha value is -1.16. The molecule has 2 atom stereocenters. The van der Waals surface area contributed by atoms with E-state index < -0.39 is 18.4 Å². The molecule has 0 aromatic carbocycles. The van der Waals surface area contributed by atoms with Gasteiger partial charge < -0.3 is 9.47 Å². The zero-order chi connectivity index (χ0) is 9.14. The molecule has 0 aromatic heterocycles. The second-order valence-electron chi connectivity index (χ2n) is 2.52. The molecule has 0 saturated carbocycles. The van der Waals surface area contributed by atoms with E-state index in [0.29, 0.717) is 0 Å². The van der Waals surface area contributed by atoms with Crippen LogP contribution in [0.2, 0.25) is 0 Å². The van der Waals surface area contributed by atoms with Gasteiger partial charge in [0.2, 0.25) is 6.29 Å². The van der Waals surface area contributed by atoms with Crippen LogP contribution >= 0.6 is 0 Å². The van der Waals surface area contributed by atoms with E-state index in [9.17, 15) is 9.59 Å². The van der Waals surface area contributed by atoms with E-state index in [0.717, 1.165) is 0 Å². The second kappa shape index (κ2) is 3.49. The number of ether oxygens (including phenoxy) is 2. The van der Waals surface area contributed by atoms with Gasteiger partial charge in [0.25, 0.3) is 0 Å². The number of rotatable bonds is 1. The lowest BCUT2D eigenvalue weighted by Gasteiger charge is -2.21. The van der Waals surface area contributed by atoms with Crippen molar-refractivity contribution < 1.29 is 19.1 Å². The number of hydrogen-bond acceptors (Lipinski definition) is 4. The van der Waals surface area contributed by atoms with Crippen LogP contribution in [0.1, 0.15) is 13.8 Å². The Balaban J connectivity index is 2.55. The first-order valence-corrected chi connectivity index (χ1v) is 3.64. The molecular formula is C8H10O4. The minimum atomic E-state index is -0.713. The van der Waals surface area contributed by atoms with Gasteiger partial charge in [-0.25, -0.2) is 0 Å². The number of carbonyl (C=O) groups is 2. The smallest absolute Gasteiger partial charge is 0.305 e. The van der Waals surface area contributed by atoms with E-state index in [1.165, 1.54) is 19.1 Å². The molecule has 0 unspecified atom stereocenters. The molecule has 66 valence electrons. The molecule has 0 bridgehead atoms. The highest BCUT2D eigenvalue weighted by Gasteiger charge is 2.22. The third-order valence-corrected chi connectivity index (χ3v) is 1.44. The molecule has 0 N–H and O–H groups in total. The summed E-state index contributed by atoms with van der Waals surface area (Å²) in [5.74, 6) is -0.537. The molecule has 1 aliphatic rings. The Labute approximate surface area is 70.1 Å². The van der Waals surface area contributed by atoms with Crippen molar-refractivity contribution in [2.45, 2.75) is 26.2 Å². The Morgan fingerprint density at radius 2 is 2.33 bits per heavy atom. The van der Waals surface area contributed by atoms with E-state index in [4.69, 9.17) is 9.47 Å². The second-order valence-corrected chi connectivity index (χ2v) is 2.52. The minimum Gasteiger partial charge on any atom is -0.432 e. The Morgan fingerprint density at radius 1 is 1.67 bits per heavy atom. The van der Waals surface area contributed by atoms with Crippen LogP contribution in [0.5, 0.6) is 0 Å². The molecule has 0 radical (unpaired) electrons. The summed E-state index contributed by atoms with van der Waals surface area (Å²) in [5.41, 5.74) is 0. The molecule has 0 aliphatic carbocycles. The van der Waals surface area contributed by atoms with Gasteiger partial charge in [0.1, 0.15) is 6.10 Å². The van der Waals surface area contributed by atoms with Crippen molar-refractivity contribution in [3.63, 3.8) is 0 Å². The lowest BCUT2D eigenvalue weighted by Crippen LogP contribution is -2.31. The highest BCUT2D eigenvalue weighted by atomic mass is 16.7. The average molecular weight is 170 g/mol. The van der Waals surface area contributed by atoms with Crippen LogP contribution in [0.25, 0.3) is 0 Å². The molecule has 0 saturated heterocycles. The summed E-state index contributed by atoms with van der Waals surface area (Å²) >= 11 is 0. The third-order valence-electron chi connectivity index (χ3n) is 1.44. The van der Waals surface area contributed by atoms with Crippen LogP contribution in [-0.4, -0.2) is 24.1 Å². The molecule has 4 nitrogen and oxygen atoms in total. The molecule has 12 heavy (non-hydrogen) atoms. The molecule has 1 heterocycles. The van der Waals surface area contributed by atoms with Crippen LogP contribution in [0, 0.1) is 0 Å². The monoisotopic (exact) mass is 170 g/mol. The van der Waals surface area contributed by atoms with Crippen LogP contribution in [0.3, 0.4) is 0 Å². The molecule has 1 aliphatic heterocycles. The number of hydrogen-bond donors (Lipinski definition) is 0. The number of esters is 1. The highest BCUT2D eigenvalue weighted by Crippen LogP contribution is 2.09. The van der Waals surface area contributed by atoms with Gasteiger partial charge in [-0.1, -0.05) is 0 Å². The van der Waals surface area contributed by atoms with Crippen molar-refractivity contribution in [3.8, 4) is 0 Å². The topological polar surface area (TPSA) is 52.6 Å². The normalized spacial score (nSPS) is 28.7. The fourth-order valence-electron chi connectivity index (χ4n) is 0.853. The molecule has 0 fully saturated rings. The minimum absolute atomic E-state index is 0.113. The molecule has 4 heteroatoms. The first-order valence-electron chi connectivity index (χ1n) is 3.64. The predicted octanol–water partition coefficient (Wildman–Crippen LogP) is 0.420. The van der Waals surface area contributed by atoms with Crippen LogP contribution in [0.15, 0.2) is 12.2 Å². The van der Waals surface area contributed by atoms with Gasteiger partial charge >= 0.3 is 5.97 Å². The lowest BCUT2D eigenvalue weighted by molar-refractivity contribution is -0.178. The Bertz CT molecular complexity index is 231. The summed E-state index contributed by atoms with van der Waals surface area (Å²) in [6.07, 6.45) is 1.54. The van der Waals surface area contributed by atoms with Crippen LogP contribution < -0.4 is 0 Å². The van der Waals surface area contributed by atoms with Gasteiger partial charge in [-0.05, 0) is 19.1 Å². The summed E-state index contributed by atoms with van der Waals surface area (Å²) in [7, 11) is 0. The van der Waals surface area contributed by atoms with Gasteiger partial charge in [-0.3, -0.25) is 9.59 Å². The first-order chi connectivity index (χ1) is 5.59. The lowest BCUT2D eigenvalue weighted by atomic mass is 10.2. The van der Waals surface area contributed by atoms with Crippen molar-refractivity contribution in [2.75, 3.05) is 0 Å². The zero-order valence-electron chi connectivity index (χ0n) is 6.94. The molecular weight excluding hydrogens is 160 g/mol. The zero-order valence-corrected chi connectivity index (χ0v) is 6.94. The van der Waals surface area contributed by atoms with Gasteiger partial charge in [0, 0.05) is 6.92 Å². The summed E-state index contributed by atoms with van der Waals surface area (Å²) in [5, 5.41) is 0. The van der Waals surface area contributed by atoms with Crippen molar-refractivity contribution in [3.05, 3.63) is 12.2 Å². The largest absolute Gasteiger partial charge is 0.432 e. The molecule has 0 aromatic rings. The Kier molecular flexibility index (Phi) is 2.60. The number of ketones is 1. The Morgan fingerprint density at radius 3 is 2.83 bits per heavy atom. The van der Waals surface area contributed by atoms with E-state index in [1.807, 2.05) is 0 Å². The summed E-state index contributed by atoms with van der Waals surface area (Å²) < 4.78 is 9.74. The van der Waals surface area contributed by atoms with E-state index >= 15 is 0 Å². The van der Waals surface area contributed by atoms with Crippen molar-refractivity contribution in [1.29, 1.82) is 0 Å². The number of carbonyl (C=O) groups excluding carboxylic acids is 2. The van der Waals surface area contributed by atoms with E-state index in [2.05, 4.69) is 0 Å². The highest BCUT2D eigenvalue weighted by molar-refractivity contribution is 5.93. The standard InChI is InChI=1S/C8H10O4/c1-5-7(10)3-4-8(11-5)12-6(2)9/h3-5,8H,1-2H3/t5-,8+/m0/s1. The van der Waals surface area contributed by atoms with E-state index in [-0.39, 0.29) is 5.78 Å². The quantitative estimate of drug-likeness (QED) is 0.535. The summed E-state index contributed by atoms with van der Waals surface area (Å²) in [4.78, 5) is 21.4. The van der Waals surface area contributed by atoms with Gasteiger partial charge in [0.05, 0.1) is 0 Å². The van der Waals surface area contributed by atoms with E-state index in [1.54, 1.807) is 6.92 Å². The first kappa shape index (κ1) is 8.93. The predicted molar refractivity (Wildman–Crippen MR) is 40.2 cm³/mol. The maximum atomic E-state index is 10.9. The summed E-state index contributed by atoms with van der Waals surface area (Å²) in [6.45, 7) is 2.90. The van der Waals surface area contributed by atoms with Gasteiger partial charge in [-0.2, -0.15) is 0 Å². The molecule has 0 spiro atoms. The fourth-order valence-corrected chi connectivity index (χ4v) is 0.853. The van der Waals surface area contributed by atoms with Crippen LogP contribution in [0.4, 0.5) is 0 Å². The van der Waals surface area contributed by atoms with Gasteiger partial charge in [0.15, 0.2) is 5.78 Å². The maximum absolute atomic E-state index is 10.9. The van der Waals surface area contributed by atoms with Crippen molar-refractivity contribution >= 4 is 11.8 Å².